The van der Waals surface area contributed by atoms with Crippen LogP contribution in [-0.2, 0) is 0 Å². The van der Waals surface area contributed by atoms with Crippen molar-refractivity contribution in [3.05, 3.63) is 18.0 Å². The van der Waals surface area contributed by atoms with Crippen LogP contribution in [0.15, 0.2) is 17.6 Å². The van der Waals surface area contributed by atoms with Crippen molar-refractivity contribution in [3.8, 4) is 0 Å². The van der Waals surface area contributed by atoms with Gasteiger partial charge >= 0.3 is 0 Å². The van der Waals surface area contributed by atoms with E-state index in [9.17, 15) is 4.79 Å². The summed E-state index contributed by atoms with van der Waals surface area (Å²) < 4.78 is 0. The molecule has 2 fully saturated rings. The molecule has 3 heterocycles. The second-order valence-electron chi connectivity index (χ2n) is 7.04. The first kappa shape index (κ1) is 18.6. The fourth-order valence-electron chi connectivity index (χ4n) is 3.67. The molecule has 7 heteroatoms. The van der Waals surface area contributed by atoms with E-state index in [1.165, 1.54) is 18.2 Å². The number of carbonyl (C=O) groups is 1. The Morgan fingerprint density at radius 3 is 2.56 bits per heavy atom. The number of likely N-dealkylation sites (N-methyl/N-ethyl adjacent to an activating group) is 1. The van der Waals surface area contributed by atoms with E-state index in [0.717, 1.165) is 58.5 Å². The van der Waals surface area contributed by atoms with E-state index in [4.69, 9.17) is 0 Å². The quantitative estimate of drug-likeness (QED) is 0.588. The van der Waals surface area contributed by atoms with Crippen LogP contribution >= 0.6 is 11.8 Å². The number of likely N-dealkylation sites (tertiary alicyclic amines) is 1. The summed E-state index contributed by atoms with van der Waals surface area (Å²) in [6.07, 6.45) is 9.79. The average molecular weight is 364 g/mol. The van der Waals surface area contributed by atoms with Crippen LogP contribution in [0.5, 0.6) is 0 Å². The predicted octanol–water partition coefficient (Wildman–Crippen LogP) is 1.83. The minimum atomic E-state index is 0.0933. The van der Waals surface area contributed by atoms with Crippen molar-refractivity contribution in [3.63, 3.8) is 0 Å². The SMILES string of the molecule is CSc1ncc(C(=O)N2CCCCC2CCN2CCN(C)CC2)cn1. The Bertz CT molecular complexity index is 559. The monoisotopic (exact) mass is 363 g/mol. The molecule has 3 rings (SSSR count). The minimum Gasteiger partial charge on any atom is -0.336 e. The van der Waals surface area contributed by atoms with E-state index in [1.807, 2.05) is 6.26 Å². The molecule has 0 N–H and O–H groups in total. The molecule has 2 aliphatic rings. The average Bonchev–Trinajstić information content (AvgIpc) is 2.67. The summed E-state index contributed by atoms with van der Waals surface area (Å²) in [6, 6.07) is 0.348. The van der Waals surface area contributed by atoms with Crippen molar-refractivity contribution >= 4 is 17.7 Å². The first-order chi connectivity index (χ1) is 12.2. The van der Waals surface area contributed by atoms with E-state index in [-0.39, 0.29) is 5.91 Å². The first-order valence-corrected chi connectivity index (χ1v) is 10.5. The topological polar surface area (TPSA) is 52.6 Å². The molecular formula is C18H29N5OS. The van der Waals surface area contributed by atoms with Crippen molar-refractivity contribution < 1.29 is 4.79 Å². The third-order valence-electron chi connectivity index (χ3n) is 5.32. The van der Waals surface area contributed by atoms with Gasteiger partial charge in [-0.25, -0.2) is 9.97 Å². The van der Waals surface area contributed by atoms with Crippen molar-refractivity contribution in [2.45, 2.75) is 36.9 Å². The van der Waals surface area contributed by atoms with Gasteiger partial charge in [0.05, 0.1) is 5.56 Å². The summed E-state index contributed by atoms with van der Waals surface area (Å²) in [5.74, 6) is 0.0933. The van der Waals surface area contributed by atoms with Crippen molar-refractivity contribution in [1.82, 2.24) is 24.7 Å². The van der Waals surface area contributed by atoms with Gasteiger partial charge < -0.3 is 14.7 Å². The van der Waals surface area contributed by atoms with Gasteiger partial charge in [-0.05, 0) is 39.0 Å². The van der Waals surface area contributed by atoms with Gasteiger partial charge in [-0.15, -0.1) is 0 Å². The number of rotatable bonds is 5. The van der Waals surface area contributed by atoms with Gasteiger partial charge in [0.1, 0.15) is 0 Å². The molecule has 1 aromatic heterocycles. The predicted molar refractivity (Wildman–Crippen MR) is 101 cm³/mol. The van der Waals surface area contributed by atoms with E-state index in [2.05, 4.69) is 31.7 Å². The maximum Gasteiger partial charge on any atom is 0.257 e. The van der Waals surface area contributed by atoms with Gasteiger partial charge in [-0.3, -0.25) is 4.79 Å². The number of hydrogen-bond acceptors (Lipinski definition) is 6. The zero-order chi connectivity index (χ0) is 17.6. The number of aromatic nitrogens is 2. The van der Waals surface area contributed by atoms with E-state index in [1.54, 1.807) is 12.4 Å². The number of amides is 1. The highest BCUT2D eigenvalue weighted by atomic mass is 32.2. The summed E-state index contributed by atoms with van der Waals surface area (Å²) in [7, 11) is 2.18. The minimum absolute atomic E-state index is 0.0933. The molecule has 6 nitrogen and oxygen atoms in total. The molecule has 1 atom stereocenters. The molecule has 0 bridgehead atoms. The molecule has 0 radical (unpaired) electrons. The Morgan fingerprint density at radius 2 is 1.88 bits per heavy atom. The standard InChI is InChI=1S/C18H29N5OS/c1-21-9-11-22(12-10-21)8-6-16-5-3-4-7-23(16)17(24)15-13-19-18(25-2)20-14-15/h13-14,16H,3-12H2,1-2H3. The lowest BCUT2D eigenvalue weighted by Crippen LogP contribution is -2.48. The van der Waals surface area contributed by atoms with Crippen LogP contribution in [0.25, 0.3) is 0 Å². The number of hydrogen-bond donors (Lipinski definition) is 0. The van der Waals surface area contributed by atoms with E-state index < -0.39 is 0 Å². The van der Waals surface area contributed by atoms with Crippen LogP contribution in [0, 0.1) is 0 Å². The second kappa shape index (κ2) is 8.96. The fourth-order valence-corrected chi connectivity index (χ4v) is 3.99. The van der Waals surface area contributed by atoms with Gasteiger partial charge in [-0.2, -0.15) is 0 Å². The molecule has 1 amide bonds. The van der Waals surface area contributed by atoms with Gasteiger partial charge in [0, 0.05) is 57.7 Å². The summed E-state index contributed by atoms with van der Waals surface area (Å²) in [6.45, 7) is 6.52. The maximum atomic E-state index is 12.9. The van der Waals surface area contributed by atoms with Gasteiger partial charge in [0.25, 0.3) is 5.91 Å². The number of carbonyl (C=O) groups excluding carboxylic acids is 1. The van der Waals surface area contributed by atoms with Crippen LogP contribution in [0.2, 0.25) is 0 Å². The highest BCUT2D eigenvalue weighted by Crippen LogP contribution is 2.22. The lowest BCUT2D eigenvalue weighted by molar-refractivity contribution is 0.0568. The third-order valence-corrected chi connectivity index (χ3v) is 5.90. The molecule has 2 aliphatic heterocycles. The maximum absolute atomic E-state index is 12.9. The molecule has 0 aliphatic carbocycles. The number of nitrogens with zero attached hydrogens (tertiary/aromatic N) is 5. The Morgan fingerprint density at radius 1 is 1.16 bits per heavy atom. The van der Waals surface area contributed by atoms with Gasteiger partial charge in [0.2, 0.25) is 0 Å². The highest BCUT2D eigenvalue weighted by molar-refractivity contribution is 7.98. The van der Waals surface area contributed by atoms with E-state index >= 15 is 0 Å². The molecule has 1 aromatic rings. The van der Waals surface area contributed by atoms with Crippen LogP contribution in [0.1, 0.15) is 36.0 Å². The number of thioether (sulfide) groups is 1. The second-order valence-corrected chi connectivity index (χ2v) is 7.81. The molecule has 25 heavy (non-hydrogen) atoms. The fraction of sp³-hybridized carbons (Fsp3) is 0.722. The molecule has 0 spiro atoms. The van der Waals surface area contributed by atoms with Crippen LogP contribution < -0.4 is 0 Å². The zero-order valence-corrected chi connectivity index (χ0v) is 16.2. The van der Waals surface area contributed by atoms with Crippen LogP contribution in [-0.4, -0.2) is 89.2 Å². The normalized spacial score (nSPS) is 23.0. The highest BCUT2D eigenvalue weighted by Gasteiger charge is 2.28. The Balaban J connectivity index is 1.58. The summed E-state index contributed by atoms with van der Waals surface area (Å²) in [5, 5.41) is 0.710. The van der Waals surface area contributed by atoms with Crippen LogP contribution in [0.4, 0.5) is 0 Å². The Hall–Kier alpha value is -1.18. The molecule has 138 valence electrons. The summed E-state index contributed by atoms with van der Waals surface area (Å²) >= 11 is 1.49. The lowest BCUT2D eigenvalue weighted by atomic mass is 9.98. The molecular weight excluding hydrogens is 334 g/mol. The molecule has 0 aromatic carbocycles. The number of piperazine rings is 1. The molecule has 1 unspecified atom stereocenters. The third kappa shape index (κ3) is 4.92. The lowest BCUT2D eigenvalue weighted by Gasteiger charge is -2.38. The number of piperidine rings is 1. The van der Waals surface area contributed by atoms with Gasteiger partial charge in [0.15, 0.2) is 5.16 Å². The van der Waals surface area contributed by atoms with Crippen molar-refractivity contribution in [2.75, 3.05) is 52.6 Å². The van der Waals surface area contributed by atoms with Gasteiger partial charge in [-0.1, -0.05) is 11.8 Å². The molecule has 2 saturated heterocycles. The largest absolute Gasteiger partial charge is 0.336 e. The smallest absolute Gasteiger partial charge is 0.257 e. The van der Waals surface area contributed by atoms with Crippen molar-refractivity contribution in [1.29, 1.82) is 0 Å². The Labute approximate surface area is 155 Å². The zero-order valence-electron chi connectivity index (χ0n) is 15.4. The van der Waals surface area contributed by atoms with Crippen LogP contribution in [0.3, 0.4) is 0 Å². The summed E-state index contributed by atoms with van der Waals surface area (Å²) in [5.41, 5.74) is 0.615. The Kier molecular flexibility index (Phi) is 6.67. The first-order valence-electron chi connectivity index (χ1n) is 9.25. The van der Waals surface area contributed by atoms with Crippen molar-refractivity contribution in [2.24, 2.45) is 0 Å². The summed E-state index contributed by atoms with van der Waals surface area (Å²) in [4.78, 5) is 28.4. The molecule has 0 saturated carbocycles. The van der Waals surface area contributed by atoms with E-state index in [0.29, 0.717) is 16.8 Å².